The third-order valence-electron chi connectivity index (χ3n) is 1.97. The molecule has 0 aliphatic heterocycles. The van der Waals surface area contributed by atoms with Gasteiger partial charge in [0.2, 0.25) is 5.56 Å². The molecular weight excluding hydrogens is 210 g/mol. The lowest BCUT2D eigenvalue weighted by atomic mass is 10.1. The average Bonchev–Trinajstić information content (AvgIpc) is 2.27. The van der Waals surface area contributed by atoms with Gasteiger partial charge in [0.15, 0.2) is 5.78 Å². The SMILES string of the molecule is CCOC(=O)CCC(=O)c1ccc(=O)[nH]c1. The van der Waals surface area contributed by atoms with Gasteiger partial charge in [-0.25, -0.2) is 0 Å². The monoisotopic (exact) mass is 223 g/mol. The van der Waals surface area contributed by atoms with Crippen molar-refractivity contribution in [3.8, 4) is 0 Å². The minimum absolute atomic E-state index is 0.0613. The van der Waals surface area contributed by atoms with Crippen LogP contribution in [0.25, 0.3) is 0 Å². The number of carbonyl (C=O) groups excluding carboxylic acids is 2. The van der Waals surface area contributed by atoms with Gasteiger partial charge in [0.25, 0.3) is 0 Å². The number of hydrogen-bond acceptors (Lipinski definition) is 4. The number of rotatable bonds is 5. The van der Waals surface area contributed by atoms with Crippen LogP contribution in [0.2, 0.25) is 0 Å². The summed E-state index contributed by atoms with van der Waals surface area (Å²) in [4.78, 5) is 35.7. The summed E-state index contributed by atoms with van der Waals surface area (Å²) in [5.74, 6) is -0.579. The normalized spacial score (nSPS) is 9.81. The van der Waals surface area contributed by atoms with Gasteiger partial charge < -0.3 is 9.72 Å². The number of nitrogens with one attached hydrogen (secondary N) is 1. The highest BCUT2D eigenvalue weighted by molar-refractivity contribution is 5.97. The van der Waals surface area contributed by atoms with Gasteiger partial charge in [0.05, 0.1) is 13.0 Å². The van der Waals surface area contributed by atoms with Crippen molar-refractivity contribution in [1.82, 2.24) is 4.98 Å². The Balaban J connectivity index is 2.50. The molecular formula is C11H13NO4. The topological polar surface area (TPSA) is 76.2 Å². The first-order chi connectivity index (χ1) is 7.63. The molecule has 0 spiro atoms. The minimum Gasteiger partial charge on any atom is -0.466 e. The lowest BCUT2D eigenvalue weighted by Gasteiger charge is -2.01. The maximum atomic E-state index is 11.5. The van der Waals surface area contributed by atoms with E-state index >= 15 is 0 Å². The summed E-state index contributed by atoms with van der Waals surface area (Å²) < 4.78 is 4.70. The Morgan fingerprint density at radius 3 is 2.62 bits per heavy atom. The summed E-state index contributed by atoms with van der Waals surface area (Å²) in [5.41, 5.74) is 0.130. The van der Waals surface area contributed by atoms with E-state index in [1.165, 1.54) is 18.3 Å². The highest BCUT2D eigenvalue weighted by Crippen LogP contribution is 2.03. The number of carbonyl (C=O) groups is 2. The molecule has 0 fully saturated rings. The van der Waals surface area contributed by atoms with Crippen LogP contribution < -0.4 is 5.56 Å². The molecule has 0 amide bonds. The molecule has 1 rings (SSSR count). The smallest absolute Gasteiger partial charge is 0.306 e. The van der Waals surface area contributed by atoms with Gasteiger partial charge in [0, 0.05) is 24.2 Å². The largest absolute Gasteiger partial charge is 0.466 e. The molecule has 0 aromatic carbocycles. The molecule has 0 saturated heterocycles. The van der Waals surface area contributed by atoms with Crippen LogP contribution in [0, 0.1) is 0 Å². The molecule has 86 valence electrons. The van der Waals surface area contributed by atoms with E-state index in [2.05, 4.69) is 4.98 Å². The maximum absolute atomic E-state index is 11.5. The van der Waals surface area contributed by atoms with Crippen molar-refractivity contribution in [2.24, 2.45) is 0 Å². The van der Waals surface area contributed by atoms with Crippen molar-refractivity contribution in [2.45, 2.75) is 19.8 Å². The Morgan fingerprint density at radius 1 is 1.31 bits per heavy atom. The van der Waals surface area contributed by atoms with Crippen LogP contribution in [0.4, 0.5) is 0 Å². The number of hydrogen-bond donors (Lipinski definition) is 1. The van der Waals surface area contributed by atoms with E-state index in [-0.39, 0.29) is 30.2 Å². The van der Waals surface area contributed by atoms with E-state index in [0.717, 1.165) is 0 Å². The fourth-order valence-corrected chi connectivity index (χ4v) is 1.18. The first kappa shape index (κ1) is 12.2. The predicted molar refractivity (Wildman–Crippen MR) is 57.3 cm³/mol. The first-order valence-corrected chi connectivity index (χ1v) is 5.01. The molecule has 1 aromatic rings. The molecule has 1 heterocycles. The first-order valence-electron chi connectivity index (χ1n) is 5.01. The van der Waals surface area contributed by atoms with Crippen molar-refractivity contribution >= 4 is 11.8 Å². The van der Waals surface area contributed by atoms with Crippen molar-refractivity contribution in [3.05, 3.63) is 34.2 Å². The number of Topliss-reactive ketones (excluding diaryl/α,β-unsaturated/α-hetero) is 1. The predicted octanol–water partition coefficient (Wildman–Crippen LogP) is 0.901. The van der Waals surface area contributed by atoms with Crippen LogP contribution >= 0.6 is 0 Å². The van der Waals surface area contributed by atoms with E-state index in [0.29, 0.717) is 12.2 Å². The average molecular weight is 223 g/mol. The molecule has 0 bridgehead atoms. The Labute approximate surface area is 92.4 Å². The highest BCUT2D eigenvalue weighted by Gasteiger charge is 2.09. The number of aromatic nitrogens is 1. The molecule has 0 radical (unpaired) electrons. The highest BCUT2D eigenvalue weighted by atomic mass is 16.5. The number of esters is 1. The number of pyridine rings is 1. The quantitative estimate of drug-likeness (QED) is 0.594. The van der Waals surface area contributed by atoms with Crippen molar-refractivity contribution in [3.63, 3.8) is 0 Å². The van der Waals surface area contributed by atoms with Crippen molar-refractivity contribution < 1.29 is 14.3 Å². The Kier molecular flexibility index (Phi) is 4.44. The molecule has 0 atom stereocenters. The summed E-state index contributed by atoms with van der Waals surface area (Å²) in [6.45, 7) is 2.02. The van der Waals surface area contributed by atoms with E-state index in [4.69, 9.17) is 4.74 Å². The summed E-state index contributed by atoms with van der Waals surface area (Å²) in [6.07, 6.45) is 1.49. The standard InChI is InChI=1S/C11H13NO4/c1-2-16-11(15)6-4-9(13)8-3-5-10(14)12-7-8/h3,5,7H,2,4,6H2,1H3,(H,12,14). The molecule has 5 heteroatoms. The van der Waals surface area contributed by atoms with Gasteiger partial charge in [-0.05, 0) is 13.0 Å². The number of ketones is 1. The molecule has 1 aromatic heterocycles. The third-order valence-corrected chi connectivity index (χ3v) is 1.97. The van der Waals surface area contributed by atoms with Gasteiger partial charge in [0.1, 0.15) is 0 Å². The van der Waals surface area contributed by atoms with Gasteiger partial charge in [-0.15, -0.1) is 0 Å². The number of H-pyrrole nitrogens is 1. The zero-order valence-corrected chi connectivity index (χ0v) is 8.99. The van der Waals surface area contributed by atoms with Crippen LogP contribution in [-0.4, -0.2) is 23.3 Å². The molecule has 0 aliphatic rings. The second-order valence-electron chi connectivity index (χ2n) is 3.17. The molecule has 0 aliphatic carbocycles. The summed E-state index contributed by atoms with van der Waals surface area (Å²) in [7, 11) is 0. The van der Waals surface area contributed by atoms with Crippen LogP contribution in [0.1, 0.15) is 30.1 Å². The number of aromatic amines is 1. The van der Waals surface area contributed by atoms with Crippen molar-refractivity contribution in [2.75, 3.05) is 6.61 Å². The number of ether oxygens (including phenoxy) is 1. The van der Waals surface area contributed by atoms with E-state index in [1.807, 2.05) is 0 Å². The van der Waals surface area contributed by atoms with Crippen LogP contribution in [0.3, 0.4) is 0 Å². The Hall–Kier alpha value is -1.91. The molecule has 16 heavy (non-hydrogen) atoms. The van der Waals surface area contributed by atoms with Crippen LogP contribution in [0.5, 0.6) is 0 Å². The second-order valence-corrected chi connectivity index (χ2v) is 3.17. The lowest BCUT2D eigenvalue weighted by Crippen LogP contribution is -2.10. The fourth-order valence-electron chi connectivity index (χ4n) is 1.18. The molecule has 0 saturated carbocycles. The summed E-state index contributed by atoms with van der Waals surface area (Å²) in [6, 6.07) is 2.71. The second kappa shape index (κ2) is 5.85. The molecule has 5 nitrogen and oxygen atoms in total. The zero-order chi connectivity index (χ0) is 12.0. The Morgan fingerprint density at radius 2 is 2.06 bits per heavy atom. The molecule has 0 unspecified atom stereocenters. The zero-order valence-electron chi connectivity index (χ0n) is 8.99. The van der Waals surface area contributed by atoms with Gasteiger partial charge in [-0.1, -0.05) is 0 Å². The van der Waals surface area contributed by atoms with E-state index < -0.39 is 0 Å². The van der Waals surface area contributed by atoms with E-state index in [9.17, 15) is 14.4 Å². The van der Waals surface area contributed by atoms with Crippen LogP contribution in [-0.2, 0) is 9.53 Å². The maximum Gasteiger partial charge on any atom is 0.306 e. The van der Waals surface area contributed by atoms with E-state index in [1.54, 1.807) is 6.92 Å². The summed E-state index contributed by atoms with van der Waals surface area (Å²) in [5, 5.41) is 0. The van der Waals surface area contributed by atoms with Crippen LogP contribution in [0.15, 0.2) is 23.1 Å². The third kappa shape index (κ3) is 3.68. The Bertz CT molecular complexity index is 415. The minimum atomic E-state index is -0.389. The fraction of sp³-hybridized carbons (Fsp3) is 0.364. The van der Waals surface area contributed by atoms with Gasteiger partial charge in [-0.3, -0.25) is 14.4 Å². The van der Waals surface area contributed by atoms with Gasteiger partial charge >= 0.3 is 5.97 Å². The van der Waals surface area contributed by atoms with Crippen molar-refractivity contribution in [1.29, 1.82) is 0 Å². The molecule has 1 N–H and O–H groups in total. The lowest BCUT2D eigenvalue weighted by molar-refractivity contribution is -0.143. The van der Waals surface area contributed by atoms with Gasteiger partial charge in [-0.2, -0.15) is 0 Å². The summed E-state index contributed by atoms with van der Waals surface area (Å²) >= 11 is 0.